The molecule has 1 N–H and O–H groups in total. The van der Waals surface area contributed by atoms with Gasteiger partial charge in [-0.05, 0) is 13.8 Å². The lowest BCUT2D eigenvalue weighted by Gasteiger charge is -2.06. The van der Waals surface area contributed by atoms with Crippen molar-refractivity contribution in [2.45, 2.75) is 26.4 Å². The molecule has 0 fully saturated rings. The Morgan fingerprint density at radius 1 is 1.53 bits per heavy atom. The highest BCUT2D eigenvalue weighted by Gasteiger charge is 2.09. The standard InChI is InChI=1S/C12H14N2O3/c1-8(2)17-12(16)5-9-7-14-4-3-10(15)6-11(14)13-9/h3-4,6-8,13H,5H2,1-2H3. The minimum Gasteiger partial charge on any atom is -0.463 e. The molecule has 0 unspecified atom stereocenters. The molecule has 0 aromatic carbocycles. The maximum atomic E-state index is 11.5. The van der Waals surface area contributed by atoms with E-state index < -0.39 is 0 Å². The van der Waals surface area contributed by atoms with Gasteiger partial charge in [-0.1, -0.05) is 0 Å². The third kappa shape index (κ3) is 2.75. The van der Waals surface area contributed by atoms with Gasteiger partial charge < -0.3 is 14.1 Å². The normalized spacial score (nSPS) is 11.0. The van der Waals surface area contributed by atoms with Crippen LogP contribution in [-0.2, 0) is 16.0 Å². The van der Waals surface area contributed by atoms with Gasteiger partial charge in [0.2, 0.25) is 0 Å². The van der Waals surface area contributed by atoms with Gasteiger partial charge in [-0.2, -0.15) is 0 Å². The Morgan fingerprint density at radius 3 is 3.00 bits per heavy atom. The number of esters is 1. The number of hydrogen-bond donors (Lipinski definition) is 1. The summed E-state index contributed by atoms with van der Waals surface area (Å²) in [5.41, 5.74) is 1.33. The Labute approximate surface area is 98.0 Å². The number of nitrogens with one attached hydrogen (secondary N) is 1. The molecule has 0 amide bonds. The van der Waals surface area contributed by atoms with E-state index in [9.17, 15) is 9.59 Å². The van der Waals surface area contributed by atoms with Crippen molar-refractivity contribution in [3.63, 3.8) is 0 Å². The highest BCUT2D eigenvalue weighted by molar-refractivity contribution is 5.72. The molecule has 0 saturated heterocycles. The monoisotopic (exact) mass is 234 g/mol. The van der Waals surface area contributed by atoms with Crippen molar-refractivity contribution in [3.05, 3.63) is 40.4 Å². The zero-order valence-corrected chi connectivity index (χ0v) is 9.77. The lowest BCUT2D eigenvalue weighted by molar-refractivity contribution is -0.146. The van der Waals surface area contributed by atoms with Gasteiger partial charge in [0.15, 0.2) is 5.43 Å². The van der Waals surface area contributed by atoms with Crippen molar-refractivity contribution in [1.29, 1.82) is 0 Å². The smallest absolute Gasteiger partial charge is 0.312 e. The molecule has 2 heterocycles. The van der Waals surface area contributed by atoms with Gasteiger partial charge in [-0.15, -0.1) is 0 Å². The van der Waals surface area contributed by atoms with Gasteiger partial charge in [-0.3, -0.25) is 9.59 Å². The van der Waals surface area contributed by atoms with Crippen molar-refractivity contribution < 1.29 is 9.53 Å². The van der Waals surface area contributed by atoms with E-state index in [0.29, 0.717) is 5.65 Å². The first kappa shape index (κ1) is 11.4. The fourth-order valence-electron chi connectivity index (χ4n) is 1.62. The van der Waals surface area contributed by atoms with E-state index in [1.165, 1.54) is 12.1 Å². The number of H-pyrrole nitrogens is 1. The summed E-state index contributed by atoms with van der Waals surface area (Å²) in [4.78, 5) is 25.6. The first-order chi connectivity index (χ1) is 8.04. The molecule has 0 aliphatic heterocycles. The molecule has 0 aliphatic carbocycles. The van der Waals surface area contributed by atoms with Crippen LogP contribution >= 0.6 is 0 Å². The van der Waals surface area contributed by atoms with Gasteiger partial charge in [0.1, 0.15) is 5.65 Å². The van der Waals surface area contributed by atoms with Crippen LogP contribution < -0.4 is 5.43 Å². The summed E-state index contributed by atoms with van der Waals surface area (Å²) < 4.78 is 6.81. The summed E-state index contributed by atoms with van der Waals surface area (Å²) in [5, 5.41) is 0. The topological polar surface area (TPSA) is 63.6 Å². The number of pyridine rings is 1. The first-order valence-corrected chi connectivity index (χ1v) is 5.44. The third-order valence-electron chi connectivity index (χ3n) is 2.24. The minimum atomic E-state index is -0.283. The van der Waals surface area contributed by atoms with Crippen LogP contribution in [0.5, 0.6) is 0 Å². The van der Waals surface area contributed by atoms with Crippen LogP contribution in [0, 0.1) is 0 Å². The molecule has 2 aromatic rings. The van der Waals surface area contributed by atoms with Crippen LogP contribution in [0.3, 0.4) is 0 Å². The molecule has 5 nitrogen and oxygen atoms in total. The Hall–Kier alpha value is -2.04. The molecule has 0 saturated carbocycles. The number of imidazole rings is 1. The molecular weight excluding hydrogens is 220 g/mol. The number of nitrogens with zero attached hydrogens (tertiary/aromatic N) is 1. The van der Waals surface area contributed by atoms with Crippen molar-refractivity contribution >= 4 is 11.6 Å². The molecule has 90 valence electrons. The molecular formula is C12H14N2O3. The molecule has 0 radical (unpaired) electrons. The molecule has 0 atom stereocenters. The second-order valence-corrected chi connectivity index (χ2v) is 4.15. The van der Waals surface area contributed by atoms with Crippen LogP contribution in [0.25, 0.3) is 5.65 Å². The highest BCUT2D eigenvalue weighted by Crippen LogP contribution is 2.04. The fourth-order valence-corrected chi connectivity index (χ4v) is 1.62. The number of fused-ring (bicyclic) bond motifs is 1. The van der Waals surface area contributed by atoms with Crippen LogP contribution in [0.2, 0.25) is 0 Å². The molecule has 0 bridgehead atoms. The number of rotatable bonds is 3. The third-order valence-corrected chi connectivity index (χ3v) is 2.24. The molecule has 2 rings (SSSR count). The predicted molar refractivity (Wildman–Crippen MR) is 62.9 cm³/mol. The summed E-state index contributed by atoms with van der Waals surface area (Å²) in [5.74, 6) is -0.283. The van der Waals surface area contributed by atoms with Crippen LogP contribution in [0.15, 0.2) is 29.3 Å². The summed E-state index contributed by atoms with van der Waals surface area (Å²) in [6.07, 6.45) is 3.49. The van der Waals surface area contributed by atoms with Gasteiger partial charge in [-0.25, -0.2) is 0 Å². The summed E-state index contributed by atoms with van der Waals surface area (Å²) in [7, 11) is 0. The lowest BCUT2D eigenvalue weighted by atomic mass is 10.3. The van der Waals surface area contributed by atoms with E-state index in [1.807, 2.05) is 13.8 Å². The second kappa shape index (κ2) is 4.45. The van der Waals surface area contributed by atoms with E-state index in [1.54, 1.807) is 16.8 Å². The van der Waals surface area contributed by atoms with Crippen molar-refractivity contribution in [2.75, 3.05) is 0 Å². The number of carbonyl (C=O) groups is 1. The van der Waals surface area contributed by atoms with Crippen LogP contribution in [0.4, 0.5) is 0 Å². The van der Waals surface area contributed by atoms with E-state index in [-0.39, 0.29) is 23.9 Å². The Morgan fingerprint density at radius 2 is 2.29 bits per heavy atom. The lowest BCUT2D eigenvalue weighted by Crippen LogP contribution is -2.13. The zero-order chi connectivity index (χ0) is 12.4. The van der Waals surface area contributed by atoms with Crippen LogP contribution in [-0.4, -0.2) is 21.5 Å². The zero-order valence-electron chi connectivity index (χ0n) is 9.77. The van der Waals surface area contributed by atoms with E-state index in [2.05, 4.69) is 4.98 Å². The first-order valence-electron chi connectivity index (χ1n) is 5.44. The summed E-state index contributed by atoms with van der Waals surface area (Å²) >= 11 is 0. The maximum Gasteiger partial charge on any atom is 0.312 e. The molecule has 5 heteroatoms. The number of aromatic nitrogens is 2. The van der Waals surface area contributed by atoms with Gasteiger partial charge >= 0.3 is 5.97 Å². The minimum absolute atomic E-state index is 0.0665. The highest BCUT2D eigenvalue weighted by atomic mass is 16.5. The Bertz CT molecular complexity index is 595. The van der Waals surface area contributed by atoms with Crippen molar-refractivity contribution in [1.82, 2.24) is 9.38 Å². The average Bonchev–Trinajstić information content (AvgIpc) is 2.57. The molecule has 0 spiro atoms. The molecule has 0 aliphatic rings. The van der Waals surface area contributed by atoms with Gasteiger partial charge in [0, 0.05) is 30.2 Å². The van der Waals surface area contributed by atoms with Gasteiger partial charge in [0.25, 0.3) is 0 Å². The van der Waals surface area contributed by atoms with E-state index >= 15 is 0 Å². The number of hydrogen-bond acceptors (Lipinski definition) is 3. The van der Waals surface area contributed by atoms with Crippen molar-refractivity contribution in [3.8, 4) is 0 Å². The van der Waals surface area contributed by atoms with Crippen LogP contribution in [0.1, 0.15) is 19.5 Å². The quantitative estimate of drug-likeness (QED) is 0.809. The molecule has 17 heavy (non-hydrogen) atoms. The van der Waals surface area contributed by atoms with E-state index in [4.69, 9.17) is 4.74 Å². The summed E-state index contributed by atoms with van der Waals surface area (Å²) in [6, 6.07) is 2.95. The largest absolute Gasteiger partial charge is 0.463 e. The maximum absolute atomic E-state index is 11.5. The van der Waals surface area contributed by atoms with Crippen molar-refractivity contribution in [2.24, 2.45) is 0 Å². The SMILES string of the molecule is CC(C)OC(=O)Cc1cn2ccc(=O)cc2[nH]1. The second-order valence-electron chi connectivity index (χ2n) is 4.15. The number of carbonyl (C=O) groups excluding carboxylic acids is 1. The summed E-state index contributed by atoms with van der Waals surface area (Å²) in [6.45, 7) is 3.61. The van der Waals surface area contributed by atoms with E-state index in [0.717, 1.165) is 5.69 Å². The van der Waals surface area contributed by atoms with Gasteiger partial charge in [0.05, 0.1) is 12.5 Å². The number of ether oxygens (including phenoxy) is 1. The average molecular weight is 234 g/mol. The Kier molecular flexibility index (Phi) is 2.99. The predicted octanol–water partition coefficient (Wildman–Crippen LogP) is 1.12. The number of aromatic amines is 1. The fraction of sp³-hybridized carbons (Fsp3) is 0.333. The molecule has 2 aromatic heterocycles. The Balaban J connectivity index is 2.19.